The molecule has 0 aliphatic carbocycles. The summed E-state index contributed by atoms with van der Waals surface area (Å²) in [6.45, 7) is 0. The predicted molar refractivity (Wildman–Crippen MR) is 42.3 cm³/mol. The molecule has 2 aliphatic rings. The molecule has 0 bridgehead atoms. The van der Waals surface area contributed by atoms with Crippen LogP contribution in [0, 0.1) is 0 Å². The number of pyridine rings is 2. The van der Waals surface area contributed by atoms with Crippen LogP contribution in [0.5, 0.6) is 0 Å². The first-order chi connectivity index (χ1) is 5.77. The minimum Gasteiger partial charge on any atom is -0.429 e. The Labute approximate surface area is 68.0 Å². The van der Waals surface area contributed by atoms with Crippen LogP contribution in [0.15, 0.2) is 35.5 Å². The summed E-state index contributed by atoms with van der Waals surface area (Å²) in [7, 11) is 0. The van der Waals surface area contributed by atoms with Gasteiger partial charge in [0.05, 0.1) is 17.5 Å². The van der Waals surface area contributed by atoms with E-state index in [0.717, 1.165) is 4.73 Å². The van der Waals surface area contributed by atoms with Gasteiger partial charge in [-0.3, -0.25) is 9.78 Å². The fraction of sp³-hybridized carbons (Fsp3) is 0. The van der Waals surface area contributed by atoms with E-state index in [4.69, 9.17) is 5.21 Å². The van der Waals surface area contributed by atoms with Gasteiger partial charge >= 0.3 is 0 Å². The second kappa shape index (κ2) is 2.34. The lowest BCUT2D eigenvalue weighted by Gasteiger charge is -2.02. The number of aromatic nitrogens is 2. The summed E-state index contributed by atoms with van der Waals surface area (Å²) >= 11 is 0. The summed E-state index contributed by atoms with van der Waals surface area (Å²) in [4.78, 5) is 15.1. The Hall–Kier alpha value is -1.84. The van der Waals surface area contributed by atoms with E-state index in [1.165, 1.54) is 24.7 Å². The van der Waals surface area contributed by atoms with Crippen molar-refractivity contribution in [3.8, 4) is 11.3 Å². The van der Waals surface area contributed by atoms with Gasteiger partial charge in [0, 0.05) is 18.5 Å². The first kappa shape index (κ1) is 6.84. The summed E-state index contributed by atoms with van der Waals surface area (Å²) in [5.74, 6) is 0. The molecule has 0 spiro atoms. The average molecular weight is 162 g/mol. The van der Waals surface area contributed by atoms with E-state index in [-0.39, 0.29) is 5.43 Å². The van der Waals surface area contributed by atoms with Gasteiger partial charge in [0.25, 0.3) is 0 Å². The summed E-state index contributed by atoms with van der Waals surface area (Å²) < 4.78 is 0.839. The Morgan fingerprint density at radius 2 is 2.25 bits per heavy atom. The van der Waals surface area contributed by atoms with Gasteiger partial charge in [0.2, 0.25) is 0 Å². The maximum absolute atomic E-state index is 11.2. The lowest BCUT2D eigenvalue weighted by Crippen LogP contribution is -2.07. The molecule has 0 radical (unpaired) electrons. The normalized spacial score (nSPS) is 10.3. The van der Waals surface area contributed by atoms with Gasteiger partial charge in [-0.25, -0.2) is 4.73 Å². The standard InChI is InChI=1S/C8H6N2O2/c11-8-1-3-9-7-2-4-10(12)5-6(7)8/h1-5,12H. The molecule has 4 heteroatoms. The highest BCUT2D eigenvalue weighted by Gasteiger charge is 2.05. The van der Waals surface area contributed by atoms with Crippen molar-refractivity contribution in [1.82, 2.24) is 9.71 Å². The van der Waals surface area contributed by atoms with Crippen LogP contribution in [0.25, 0.3) is 11.3 Å². The Morgan fingerprint density at radius 3 is 3.08 bits per heavy atom. The van der Waals surface area contributed by atoms with Crippen LogP contribution in [-0.4, -0.2) is 14.9 Å². The van der Waals surface area contributed by atoms with Gasteiger partial charge in [-0.1, -0.05) is 0 Å². The SMILES string of the molecule is O=c1ccnc2ccn(O)cc1-2. The smallest absolute Gasteiger partial charge is 0.191 e. The van der Waals surface area contributed by atoms with E-state index in [1.54, 1.807) is 6.07 Å². The first-order valence-corrected chi connectivity index (χ1v) is 3.44. The minimum atomic E-state index is -0.136. The Bertz CT molecular complexity index is 436. The maximum Gasteiger partial charge on any atom is 0.191 e. The monoisotopic (exact) mass is 162 g/mol. The number of hydrogen-bond donors (Lipinski definition) is 1. The average Bonchev–Trinajstić information content (AvgIpc) is 2.07. The topological polar surface area (TPSA) is 55.1 Å². The maximum atomic E-state index is 11.2. The summed E-state index contributed by atoms with van der Waals surface area (Å²) in [6.07, 6.45) is 4.21. The van der Waals surface area contributed by atoms with Crippen molar-refractivity contribution in [3.05, 3.63) is 40.9 Å². The Balaban J connectivity index is 2.88. The molecule has 0 amide bonds. The first-order valence-electron chi connectivity index (χ1n) is 3.44. The van der Waals surface area contributed by atoms with E-state index in [0.29, 0.717) is 11.3 Å². The molecule has 2 aliphatic heterocycles. The molecular formula is C8H6N2O2. The second-order valence-electron chi connectivity index (χ2n) is 2.43. The molecule has 12 heavy (non-hydrogen) atoms. The molecule has 2 rings (SSSR count). The summed E-state index contributed by atoms with van der Waals surface area (Å²) in [6, 6.07) is 2.94. The molecule has 0 atom stereocenters. The van der Waals surface area contributed by atoms with Gasteiger partial charge in [-0.2, -0.15) is 0 Å². The van der Waals surface area contributed by atoms with E-state index >= 15 is 0 Å². The molecule has 0 aromatic rings. The third-order valence-electron chi connectivity index (χ3n) is 1.63. The van der Waals surface area contributed by atoms with Crippen molar-refractivity contribution in [2.75, 3.05) is 0 Å². The lowest BCUT2D eigenvalue weighted by atomic mass is 10.2. The van der Waals surface area contributed by atoms with Crippen molar-refractivity contribution in [3.63, 3.8) is 0 Å². The molecule has 4 nitrogen and oxygen atoms in total. The van der Waals surface area contributed by atoms with Crippen LogP contribution in [0.4, 0.5) is 0 Å². The third-order valence-corrected chi connectivity index (χ3v) is 1.63. The number of fused-ring (bicyclic) bond motifs is 1. The molecule has 0 saturated carbocycles. The molecule has 60 valence electrons. The van der Waals surface area contributed by atoms with Crippen molar-refractivity contribution < 1.29 is 5.21 Å². The zero-order valence-electron chi connectivity index (χ0n) is 6.14. The third kappa shape index (κ3) is 0.934. The molecule has 2 heterocycles. The molecule has 0 aromatic carbocycles. The van der Waals surface area contributed by atoms with E-state index in [1.807, 2.05) is 0 Å². The minimum absolute atomic E-state index is 0.136. The van der Waals surface area contributed by atoms with Crippen molar-refractivity contribution in [2.45, 2.75) is 0 Å². The molecule has 0 unspecified atom stereocenters. The van der Waals surface area contributed by atoms with Gasteiger partial charge < -0.3 is 5.21 Å². The number of nitrogens with zero attached hydrogens (tertiary/aromatic N) is 2. The molecule has 0 saturated heterocycles. The van der Waals surface area contributed by atoms with Crippen LogP contribution in [0.2, 0.25) is 0 Å². The van der Waals surface area contributed by atoms with Crippen LogP contribution >= 0.6 is 0 Å². The van der Waals surface area contributed by atoms with Crippen molar-refractivity contribution in [1.29, 1.82) is 0 Å². The van der Waals surface area contributed by atoms with E-state index in [9.17, 15) is 4.79 Å². The summed E-state index contributed by atoms with van der Waals surface area (Å²) in [5.41, 5.74) is 0.874. The van der Waals surface area contributed by atoms with Gasteiger partial charge in [-0.05, 0) is 6.07 Å². The molecule has 0 fully saturated rings. The quantitative estimate of drug-likeness (QED) is 0.576. The van der Waals surface area contributed by atoms with Crippen molar-refractivity contribution in [2.24, 2.45) is 0 Å². The Morgan fingerprint density at radius 1 is 1.42 bits per heavy atom. The van der Waals surface area contributed by atoms with Crippen molar-refractivity contribution >= 4 is 0 Å². The zero-order valence-corrected chi connectivity index (χ0v) is 6.14. The summed E-state index contributed by atoms with van der Waals surface area (Å²) in [5, 5.41) is 9.00. The highest BCUT2D eigenvalue weighted by Crippen LogP contribution is 2.11. The van der Waals surface area contributed by atoms with Gasteiger partial charge in [-0.15, -0.1) is 0 Å². The largest absolute Gasteiger partial charge is 0.429 e. The molecular weight excluding hydrogens is 156 g/mol. The van der Waals surface area contributed by atoms with Crippen LogP contribution < -0.4 is 5.43 Å². The predicted octanol–water partition coefficient (Wildman–Crippen LogP) is 0.585. The fourth-order valence-corrected chi connectivity index (χ4v) is 1.06. The van der Waals surface area contributed by atoms with Gasteiger partial charge in [0.15, 0.2) is 5.43 Å². The van der Waals surface area contributed by atoms with Gasteiger partial charge in [0.1, 0.15) is 0 Å². The number of rotatable bonds is 0. The Kier molecular flexibility index (Phi) is 1.33. The van der Waals surface area contributed by atoms with E-state index in [2.05, 4.69) is 4.98 Å². The van der Waals surface area contributed by atoms with Crippen LogP contribution in [-0.2, 0) is 0 Å². The highest BCUT2D eigenvalue weighted by atomic mass is 16.5. The fourth-order valence-electron chi connectivity index (χ4n) is 1.06. The second-order valence-corrected chi connectivity index (χ2v) is 2.43. The number of hydrogen-bond acceptors (Lipinski definition) is 3. The highest BCUT2D eigenvalue weighted by molar-refractivity contribution is 5.57. The molecule has 1 N–H and O–H groups in total. The van der Waals surface area contributed by atoms with Crippen LogP contribution in [0.3, 0.4) is 0 Å². The zero-order chi connectivity index (χ0) is 8.55. The van der Waals surface area contributed by atoms with Crippen LogP contribution in [0.1, 0.15) is 0 Å². The van der Waals surface area contributed by atoms with E-state index < -0.39 is 0 Å². The molecule has 0 aromatic heterocycles. The lowest BCUT2D eigenvalue weighted by molar-refractivity contribution is 0.184.